The number of carbonyl (C=O) groups excluding carboxylic acids is 2. The third-order valence-electron chi connectivity index (χ3n) is 6.42. The summed E-state index contributed by atoms with van der Waals surface area (Å²) in [5.41, 5.74) is -0.130. The first-order valence-electron chi connectivity index (χ1n) is 13.7. The van der Waals surface area contributed by atoms with Gasteiger partial charge in [0.05, 0.1) is 23.8 Å². The lowest BCUT2D eigenvalue weighted by molar-refractivity contribution is -0.231. The summed E-state index contributed by atoms with van der Waals surface area (Å²) in [6, 6.07) is 10.5. The zero-order valence-corrected chi connectivity index (χ0v) is 24.8. The molecule has 15 heteroatoms. The minimum absolute atomic E-state index is 0.111. The quantitative estimate of drug-likeness (QED) is 0.0986. The van der Waals surface area contributed by atoms with Crippen LogP contribution in [0.15, 0.2) is 47.4 Å². The van der Waals surface area contributed by atoms with Crippen LogP contribution in [0, 0.1) is 5.92 Å². The number of anilines is 1. The van der Waals surface area contributed by atoms with E-state index in [-0.39, 0.29) is 22.7 Å². The Balaban J connectivity index is 2.07. The molecule has 0 aromatic heterocycles. The van der Waals surface area contributed by atoms with Crippen LogP contribution in [0.5, 0.6) is 11.5 Å². The predicted octanol–water partition coefficient (Wildman–Crippen LogP) is 1.08. The SMILES string of the molecule is CCCCNc1cc(C(=O)OCOC(=O)C(C)C)cc(S(=O)(=O)NC2O[C@H](CO)[C@@H](O)[C@H](O)[C@H]2O)c1Oc1ccccc1. The Kier molecular flexibility index (Phi) is 12.3. The molecule has 5 atom stereocenters. The Morgan fingerprint density at radius 1 is 1.02 bits per heavy atom. The van der Waals surface area contributed by atoms with E-state index < -0.39 is 76.8 Å². The normalized spacial score (nSPS) is 22.2. The Hall–Kier alpha value is -3.31. The van der Waals surface area contributed by atoms with E-state index in [0.717, 1.165) is 12.5 Å². The molecule has 3 rings (SSSR count). The van der Waals surface area contributed by atoms with Crippen LogP contribution in [-0.4, -0.2) is 91.4 Å². The molecule has 238 valence electrons. The standard InChI is InChI=1S/C28H38N2O12S/c1-4-5-11-29-19-12-17(28(36)40-15-39-27(35)16(2)3)13-21(25(19)41-18-9-7-6-8-10-18)43(37,38)30-26-24(34)23(33)22(32)20(14-31)42-26/h6-10,12-13,16,20,22-24,26,29-34H,4-5,11,14-15H2,1-3H3/t20-,22-,23+,24-,26?/m1/s1. The molecule has 1 saturated heterocycles. The van der Waals surface area contributed by atoms with Gasteiger partial charge in [-0.1, -0.05) is 45.4 Å². The van der Waals surface area contributed by atoms with E-state index in [4.69, 9.17) is 18.9 Å². The van der Waals surface area contributed by atoms with E-state index >= 15 is 0 Å². The van der Waals surface area contributed by atoms with E-state index in [9.17, 15) is 38.4 Å². The molecule has 0 bridgehead atoms. The number of sulfonamides is 1. The van der Waals surface area contributed by atoms with Gasteiger partial charge in [-0.05, 0) is 30.7 Å². The molecule has 0 aliphatic carbocycles. The largest absolute Gasteiger partial charge is 0.454 e. The van der Waals surface area contributed by atoms with Gasteiger partial charge in [0.2, 0.25) is 16.8 Å². The van der Waals surface area contributed by atoms with Crippen molar-refractivity contribution < 1.29 is 57.4 Å². The fourth-order valence-electron chi connectivity index (χ4n) is 3.97. The van der Waals surface area contributed by atoms with Gasteiger partial charge in [-0.3, -0.25) is 4.79 Å². The fourth-order valence-corrected chi connectivity index (χ4v) is 5.27. The van der Waals surface area contributed by atoms with Crippen molar-refractivity contribution in [3.63, 3.8) is 0 Å². The number of esters is 2. The number of ether oxygens (including phenoxy) is 4. The van der Waals surface area contributed by atoms with Gasteiger partial charge in [-0.25, -0.2) is 13.2 Å². The third-order valence-corrected chi connectivity index (χ3v) is 7.84. The lowest BCUT2D eigenvalue weighted by Crippen LogP contribution is -2.63. The van der Waals surface area contributed by atoms with Gasteiger partial charge >= 0.3 is 11.9 Å². The molecular formula is C28H38N2O12S. The van der Waals surface area contributed by atoms with E-state index in [2.05, 4.69) is 10.0 Å². The Morgan fingerprint density at radius 3 is 2.35 bits per heavy atom. The van der Waals surface area contributed by atoms with Crippen LogP contribution in [0.2, 0.25) is 0 Å². The highest BCUT2D eigenvalue weighted by Gasteiger charge is 2.45. The molecule has 1 fully saturated rings. The number of unbranched alkanes of at least 4 members (excludes halogenated alkanes) is 1. The van der Waals surface area contributed by atoms with Crippen LogP contribution in [-0.2, 0) is 29.0 Å². The smallest absolute Gasteiger partial charge is 0.341 e. The summed E-state index contributed by atoms with van der Waals surface area (Å²) >= 11 is 0. The van der Waals surface area contributed by atoms with Gasteiger partial charge in [0.1, 0.15) is 35.1 Å². The minimum Gasteiger partial charge on any atom is -0.454 e. The second-order valence-electron chi connectivity index (χ2n) is 10.1. The lowest BCUT2D eigenvalue weighted by Gasteiger charge is -2.40. The van der Waals surface area contributed by atoms with E-state index in [1.54, 1.807) is 44.2 Å². The van der Waals surface area contributed by atoms with Gasteiger partial charge in [0.15, 0.2) is 12.0 Å². The highest BCUT2D eigenvalue weighted by molar-refractivity contribution is 7.89. The average Bonchev–Trinajstić information content (AvgIpc) is 2.98. The zero-order chi connectivity index (χ0) is 31.7. The number of para-hydroxylation sites is 1. The maximum atomic E-state index is 13.8. The molecule has 1 aliphatic heterocycles. The van der Waals surface area contributed by atoms with Crippen molar-refractivity contribution in [3.05, 3.63) is 48.0 Å². The maximum Gasteiger partial charge on any atom is 0.341 e. The molecule has 0 spiro atoms. The average molecular weight is 627 g/mol. The van der Waals surface area contributed by atoms with E-state index in [1.807, 2.05) is 6.92 Å². The fraction of sp³-hybridized carbons (Fsp3) is 0.500. The van der Waals surface area contributed by atoms with Crippen molar-refractivity contribution in [2.24, 2.45) is 5.92 Å². The second kappa shape index (κ2) is 15.4. The zero-order valence-electron chi connectivity index (χ0n) is 24.0. The summed E-state index contributed by atoms with van der Waals surface area (Å²) in [6.07, 6.45) is -7.17. The number of hydrogen-bond acceptors (Lipinski definition) is 13. The number of carbonyl (C=O) groups is 2. The first-order chi connectivity index (χ1) is 20.4. The predicted molar refractivity (Wildman–Crippen MR) is 152 cm³/mol. The number of aliphatic hydroxyl groups excluding tert-OH is 4. The van der Waals surface area contributed by atoms with Crippen molar-refractivity contribution in [3.8, 4) is 11.5 Å². The monoisotopic (exact) mass is 626 g/mol. The topological polar surface area (TPSA) is 210 Å². The minimum atomic E-state index is -4.74. The van der Waals surface area contributed by atoms with Gasteiger partial charge in [0.25, 0.3) is 0 Å². The van der Waals surface area contributed by atoms with Crippen molar-refractivity contribution in [2.45, 2.75) is 69.2 Å². The molecule has 1 heterocycles. The van der Waals surface area contributed by atoms with Crippen LogP contribution in [0.1, 0.15) is 44.0 Å². The third kappa shape index (κ3) is 8.86. The highest BCUT2D eigenvalue weighted by Crippen LogP contribution is 2.38. The van der Waals surface area contributed by atoms with Crippen LogP contribution in [0.4, 0.5) is 5.69 Å². The molecular weight excluding hydrogens is 588 g/mol. The number of benzene rings is 2. The molecule has 14 nitrogen and oxygen atoms in total. The van der Waals surface area contributed by atoms with E-state index in [1.165, 1.54) is 6.07 Å². The first kappa shape index (κ1) is 34.2. The summed E-state index contributed by atoms with van der Waals surface area (Å²) in [5, 5.41) is 43.3. The Bertz CT molecular complexity index is 1340. The molecule has 0 radical (unpaired) electrons. The summed E-state index contributed by atoms with van der Waals surface area (Å²) in [4.78, 5) is 24.2. The van der Waals surface area contributed by atoms with Gasteiger partial charge in [-0.15, -0.1) is 0 Å². The van der Waals surface area contributed by atoms with Crippen molar-refractivity contribution in [1.82, 2.24) is 4.72 Å². The molecule has 0 amide bonds. The summed E-state index contributed by atoms with van der Waals surface area (Å²) < 4.78 is 51.1. The van der Waals surface area contributed by atoms with Gasteiger partial charge < -0.3 is 44.7 Å². The summed E-state index contributed by atoms with van der Waals surface area (Å²) in [6.45, 7) is 4.05. The molecule has 2 aromatic carbocycles. The second-order valence-corrected chi connectivity index (χ2v) is 11.8. The van der Waals surface area contributed by atoms with Gasteiger partial charge in [0, 0.05) is 6.54 Å². The number of hydrogen-bond donors (Lipinski definition) is 6. The molecule has 43 heavy (non-hydrogen) atoms. The van der Waals surface area contributed by atoms with Crippen LogP contribution in [0.25, 0.3) is 0 Å². The molecule has 1 unspecified atom stereocenters. The summed E-state index contributed by atoms with van der Waals surface area (Å²) in [7, 11) is -4.74. The number of aliphatic hydroxyl groups is 4. The van der Waals surface area contributed by atoms with Gasteiger partial charge in [-0.2, -0.15) is 4.72 Å². The van der Waals surface area contributed by atoms with Crippen molar-refractivity contribution >= 4 is 27.6 Å². The van der Waals surface area contributed by atoms with Crippen LogP contribution < -0.4 is 14.8 Å². The molecule has 0 saturated carbocycles. The van der Waals surface area contributed by atoms with Crippen molar-refractivity contribution in [2.75, 3.05) is 25.3 Å². The summed E-state index contributed by atoms with van der Waals surface area (Å²) in [5.74, 6) is -2.02. The number of nitrogens with one attached hydrogen (secondary N) is 2. The Labute approximate surface area is 249 Å². The first-order valence-corrected chi connectivity index (χ1v) is 15.2. The lowest BCUT2D eigenvalue weighted by atomic mass is 9.99. The van der Waals surface area contributed by atoms with Crippen LogP contribution in [0.3, 0.4) is 0 Å². The maximum absolute atomic E-state index is 13.8. The number of rotatable bonds is 14. The highest BCUT2D eigenvalue weighted by atomic mass is 32.2. The molecule has 6 N–H and O–H groups in total. The Morgan fingerprint density at radius 2 is 1.72 bits per heavy atom. The van der Waals surface area contributed by atoms with E-state index in [0.29, 0.717) is 13.0 Å². The molecule has 1 aliphatic rings. The molecule has 2 aromatic rings. The van der Waals surface area contributed by atoms with Crippen LogP contribution >= 0.6 is 0 Å². The van der Waals surface area contributed by atoms with Crippen molar-refractivity contribution in [1.29, 1.82) is 0 Å².